The van der Waals surface area contributed by atoms with Crippen LogP contribution in [0.3, 0.4) is 0 Å². The topological polar surface area (TPSA) is 43.8 Å². The molecule has 1 saturated carbocycles. The van der Waals surface area contributed by atoms with Crippen molar-refractivity contribution in [2.24, 2.45) is 5.92 Å². The molecule has 1 aromatic carbocycles. The molecule has 0 spiro atoms. The number of hydrogen-bond acceptors (Lipinski definition) is 3. The first-order chi connectivity index (χ1) is 11.2. The molecule has 126 valence electrons. The number of rotatable bonds is 7. The first-order valence-electron chi connectivity index (χ1n) is 8.94. The molecule has 1 heterocycles. The molecule has 4 heteroatoms. The van der Waals surface area contributed by atoms with E-state index in [0.29, 0.717) is 12.3 Å². The Kier molecular flexibility index (Phi) is 5.68. The number of aliphatic hydroxyl groups is 1. The van der Waals surface area contributed by atoms with Gasteiger partial charge in [0.1, 0.15) is 0 Å². The number of carbonyl (C=O) groups is 1. The van der Waals surface area contributed by atoms with Crippen LogP contribution in [0.15, 0.2) is 30.3 Å². The standard InChI is InChI=1S/C19H28N2O2/c22-18(17-9-10-17)15-20-11-13-21(14-12-20)19(23)8-4-7-16-5-2-1-3-6-16/h1-3,5-6,17-18,22H,4,7-15H2/t18-/m1/s1. The van der Waals surface area contributed by atoms with Crippen LogP contribution in [0.5, 0.6) is 0 Å². The SMILES string of the molecule is O=C(CCCc1ccccc1)N1CCN(C[C@@H](O)C2CC2)CC1. The molecule has 0 bridgehead atoms. The van der Waals surface area contributed by atoms with E-state index in [1.807, 2.05) is 23.1 Å². The van der Waals surface area contributed by atoms with Crippen LogP contribution in [0.25, 0.3) is 0 Å². The Morgan fingerprint density at radius 3 is 2.48 bits per heavy atom. The van der Waals surface area contributed by atoms with E-state index < -0.39 is 0 Å². The zero-order chi connectivity index (χ0) is 16.1. The molecule has 3 rings (SSSR count). The highest BCUT2D eigenvalue weighted by atomic mass is 16.3. The Bertz CT molecular complexity index is 493. The van der Waals surface area contributed by atoms with Gasteiger partial charge < -0.3 is 10.0 Å². The second-order valence-corrected chi connectivity index (χ2v) is 6.93. The molecule has 0 radical (unpaired) electrons. The third-order valence-electron chi connectivity index (χ3n) is 5.04. The lowest BCUT2D eigenvalue weighted by molar-refractivity contribution is -0.133. The number of aliphatic hydroxyl groups excluding tert-OH is 1. The summed E-state index contributed by atoms with van der Waals surface area (Å²) < 4.78 is 0. The lowest BCUT2D eigenvalue weighted by Crippen LogP contribution is -2.50. The van der Waals surface area contributed by atoms with Gasteiger partial charge in [-0.05, 0) is 37.2 Å². The number of hydrogen-bond donors (Lipinski definition) is 1. The number of benzene rings is 1. The summed E-state index contributed by atoms with van der Waals surface area (Å²) in [5.74, 6) is 0.816. The van der Waals surface area contributed by atoms with Gasteiger partial charge in [0.05, 0.1) is 6.10 Å². The van der Waals surface area contributed by atoms with Crippen molar-refractivity contribution in [2.45, 2.75) is 38.2 Å². The summed E-state index contributed by atoms with van der Waals surface area (Å²) in [6, 6.07) is 10.4. The third kappa shape index (κ3) is 5.05. The summed E-state index contributed by atoms with van der Waals surface area (Å²) in [6.45, 7) is 4.19. The van der Waals surface area contributed by atoms with Crippen molar-refractivity contribution in [2.75, 3.05) is 32.7 Å². The van der Waals surface area contributed by atoms with Crippen LogP contribution in [0.1, 0.15) is 31.2 Å². The number of amides is 1. The quantitative estimate of drug-likeness (QED) is 0.836. The fourth-order valence-electron chi connectivity index (χ4n) is 3.32. The number of piperazine rings is 1. The second-order valence-electron chi connectivity index (χ2n) is 6.93. The Labute approximate surface area is 139 Å². The maximum atomic E-state index is 12.3. The van der Waals surface area contributed by atoms with E-state index in [9.17, 15) is 9.90 Å². The molecule has 1 amide bonds. The van der Waals surface area contributed by atoms with E-state index in [0.717, 1.165) is 45.6 Å². The van der Waals surface area contributed by atoms with Crippen molar-refractivity contribution < 1.29 is 9.90 Å². The molecule has 1 saturated heterocycles. The van der Waals surface area contributed by atoms with Gasteiger partial charge in [0.2, 0.25) is 5.91 Å². The number of β-amino-alcohol motifs (C(OH)–C–C–N with tert-alkyl or cyclic N) is 1. The first-order valence-corrected chi connectivity index (χ1v) is 8.94. The molecule has 0 unspecified atom stereocenters. The molecule has 23 heavy (non-hydrogen) atoms. The van der Waals surface area contributed by atoms with Gasteiger partial charge in [-0.15, -0.1) is 0 Å². The molecular formula is C19H28N2O2. The van der Waals surface area contributed by atoms with Crippen LogP contribution in [-0.4, -0.2) is 59.6 Å². The van der Waals surface area contributed by atoms with Crippen molar-refractivity contribution in [1.82, 2.24) is 9.80 Å². The van der Waals surface area contributed by atoms with E-state index in [4.69, 9.17) is 0 Å². The normalized spacial score (nSPS) is 20.5. The second kappa shape index (κ2) is 7.93. The number of aryl methyl sites for hydroxylation is 1. The number of carbonyl (C=O) groups excluding carboxylic acids is 1. The van der Waals surface area contributed by atoms with Gasteiger partial charge in [-0.25, -0.2) is 0 Å². The summed E-state index contributed by atoms with van der Waals surface area (Å²) >= 11 is 0. The summed E-state index contributed by atoms with van der Waals surface area (Å²) in [7, 11) is 0. The van der Waals surface area contributed by atoms with E-state index in [2.05, 4.69) is 17.0 Å². The highest BCUT2D eigenvalue weighted by molar-refractivity contribution is 5.76. The van der Waals surface area contributed by atoms with Gasteiger partial charge in [0.25, 0.3) is 0 Å². The Hall–Kier alpha value is -1.39. The zero-order valence-corrected chi connectivity index (χ0v) is 13.9. The van der Waals surface area contributed by atoms with Gasteiger partial charge in [-0.3, -0.25) is 9.69 Å². The lowest BCUT2D eigenvalue weighted by atomic mass is 10.1. The van der Waals surface area contributed by atoms with Gasteiger partial charge in [0.15, 0.2) is 0 Å². The molecule has 0 aromatic heterocycles. The summed E-state index contributed by atoms with van der Waals surface area (Å²) in [6.07, 6.45) is 4.73. The monoisotopic (exact) mass is 316 g/mol. The molecular weight excluding hydrogens is 288 g/mol. The molecule has 4 nitrogen and oxygen atoms in total. The number of nitrogens with zero attached hydrogens (tertiary/aromatic N) is 2. The van der Waals surface area contributed by atoms with Crippen LogP contribution in [0, 0.1) is 5.92 Å². The van der Waals surface area contributed by atoms with Crippen molar-refractivity contribution in [3.05, 3.63) is 35.9 Å². The lowest BCUT2D eigenvalue weighted by Gasteiger charge is -2.35. The van der Waals surface area contributed by atoms with Crippen LogP contribution >= 0.6 is 0 Å². The van der Waals surface area contributed by atoms with Crippen LogP contribution in [-0.2, 0) is 11.2 Å². The summed E-state index contributed by atoms with van der Waals surface area (Å²) in [5.41, 5.74) is 1.30. The molecule has 1 aromatic rings. The first kappa shape index (κ1) is 16.5. The molecule has 2 aliphatic rings. The van der Waals surface area contributed by atoms with E-state index in [1.165, 1.54) is 18.4 Å². The van der Waals surface area contributed by atoms with Crippen molar-refractivity contribution in [3.63, 3.8) is 0 Å². The Morgan fingerprint density at radius 1 is 1.13 bits per heavy atom. The van der Waals surface area contributed by atoms with Crippen LogP contribution in [0.2, 0.25) is 0 Å². The average molecular weight is 316 g/mol. The highest BCUT2D eigenvalue weighted by Gasteiger charge is 2.31. The minimum atomic E-state index is -0.164. The van der Waals surface area contributed by atoms with Crippen molar-refractivity contribution in [3.8, 4) is 0 Å². The third-order valence-corrected chi connectivity index (χ3v) is 5.04. The predicted molar refractivity (Wildman–Crippen MR) is 91.1 cm³/mol. The van der Waals surface area contributed by atoms with E-state index in [1.54, 1.807) is 0 Å². The average Bonchev–Trinajstić information content (AvgIpc) is 3.41. The fourth-order valence-corrected chi connectivity index (χ4v) is 3.32. The van der Waals surface area contributed by atoms with Gasteiger partial charge in [-0.1, -0.05) is 30.3 Å². The van der Waals surface area contributed by atoms with Gasteiger partial charge >= 0.3 is 0 Å². The van der Waals surface area contributed by atoms with Crippen molar-refractivity contribution >= 4 is 5.91 Å². The fraction of sp³-hybridized carbons (Fsp3) is 0.632. The molecule has 1 aliphatic heterocycles. The molecule has 1 atom stereocenters. The minimum absolute atomic E-state index is 0.164. The van der Waals surface area contributed by atoms with Crippen LogP contribution < -0.4 is 0 Å². The smallest absolute Gasteiger partial charge is 0.222 e. The zero-order valence-electron chi connectivity index (χ0n) is 13.9. The Balaban J connectivity index is 1.33. The Morgan fingerprint density at radius 2 is 1.83 bits per heavy atom. The molecule has 1 N–H and O–H groups in total. The highest BCUT2D eigenvalue weighted by Crippen LogP contribution is 2.32. The van der Waals surface area contributed by atoms with Crippen LogP contribution in [0.4, 0.5) is 0 Å². The minimum Gasteiger partial charge on any atom is -0.392 e. The summed E-state index contributed by atoms with van der Waals surface area (Å²) in [4.78, 5) is 16.6. The van der Waals surface area contributed by atoms with E-state index >= 15 is 0 Å². The van der Waals surface area contributed by atoms with E-state index in [-0.39, 0.29) is 12.0 Å². The predicted octanol–water partition coefficient (Wildman–Crippen LogP) is 1.92. The maximum absolute atomic E-state index is 12.3. The van der Waals surface area contributed by atoms with Gasteiger partial charge in [0, 0.05) is 39.1 Å². The maximum Gasteiger partial charge on any atom is 0.222 e. The molecule has 2 fully saturated rings. The summed E-state index contributed by atoms with van der Waals surface area (Å²) in [5, 5.41) is 10.0. The van der Waals surface area contributed by atoms with Crippen molar-refractivity contribution in [1.29, 1.82) is 0 Å². The largest absolute Gasteiger partial charge is 0.392 e. The van der Waals surface area contributed by atoms with Gasteiger partial charge in [-0.2, -0.15) is 0 Å². The molecule has 1 aliphatic carbocycles.